The first kappa shape index (κ1) is 16.3. The Bertz CT molecular complexity index is 574. The minimum atomic E-state index is 0.102. The highest BCUT2D eigenvalue weighted by Gasteiger charge is 2.08. The van der Waals surface area contributed by atoms with Gasteiger partial charge in [-0.3, -0.25) is 4.79 Å². The lowest BCUT2D eigenvalue weighted by Crippen LogP contribution is -2.34. The molecule has 0 heterocycles. The van der Waals surface area contributed by atoms with Crippen molar-refractivity contribution in [2.75, 3.05) is 0 Å². The quantitative estimate of drug-likeness (QED) is 0.824. The van der Waals surface area contributed by atoms with Gasteiger partial charge in [0.1, 0.15) is 0 Å². The summed E-state index contributed by atoms with van der Waals surface area (Å²) in [6, 6.07) is 18.9. The van der Waals surface area contributed by atoms with Crippen LogP contribution in [0.2, 0.25) is 0 Å². The van der Waals surface area contributed by atoms with Crippen LogP contribution >= 0.6 is 0 Å². The Balaban J connectivity index is 1.75. The molecule has 1 atom stereocenters. The maximum Gasteiger partial charge on any atom is 0.224 e. The molecular weight excluding hydrogens is 270 g/mol. The highest BCUT2D eigenvalue weighted by molar-refractivity contribution is 5.78. The smallest absolute Gasteiger partial charge is 0.224 e. The molecule has 0 aliphatic rings. The van der Waals surface area contributed by atoms with Gasteiger partial charge in [0.05, 0.1) is 6.42 Å². The third kappa shape index (κ3) is 5.36. The van der Waals surface area contributed by atoms with Crippen LogP contribution in [-0.2, 0) is 24.1 Å². The second kappa shape index (κ2) is 8.38. The number of rotatable bonds is 7. The number of benzene rings is 2. The van der Waals surface area contributed by atoms with Crippen molar-refractivity contribution in [2.45, 2.75) is 45.6 Å². The van der Waals surface area contributed by atoms with Gasteiger partial charge in [-0.15, -0.1) is 0 Å². The average Bonchev–Trinajstić information content (AvgIpc) is 2.54. The predicted molar refractivity (Wildman–Crippen MR) is 91.9 cm³/mol. The largest absolute Gasteiger partial charge is 0.353 e. The summed E-state index contributed by atoms with van der Waals surface area (Å²) in [6.45, 7) is 4.21. The highest BCUT2D eigenvalue weighted by Crippen LogP contribution is 2.07. The van der Waals surface area contributed by atoms with Gasteiger partial charge in [-0.05, 0) is 42.9 Å². The van der Waals surface area contributed by atoms with Gasteiger partial charge in [-0.1, -0.05) is 61.5 Å². The Kier molecular flexibility index (Phi) is 6.20. The van der Waals surface area contributed by atoms with E-state index in [1.807, 2.05) is 18.2 Å². The minimum Gasteiger partial charge on any atom is -0.353 e. The van der Waals surface area contributed by atoms with E-state index in [1.165, 1.54) is 11.1 Å². The molecule has 22 heavy (non-hydrogen) atoms. The van der Waals surface area contributed by atoms with E-state index in [0.29, 0.717) is 6.42 Å². The zero-order chi connectivity index (χ0) is 15.8. The molecular formula is C20H25NO. The number of amides is 1. The highest BCUT2D eigenvalue weighted by atomic mass is 16.1. The van der Waals surface area contributed by atoms with Gasteiger partial charge in [0, 0.05) is 6.04 Å². The molecule has 2 aromatic carbocycles. The van der Waals surface area contributed by atoms with Gasteiger partial charge in [-0.25, -0.2) is 0 Å². The van der Waals surface area contributed by atoms with Crippen molar-refractivity contribution >= 4 is 5.91 Å². The number of aryl methyl sites for hydroxylation is 2. The molecule has 1 amide bonds. The molecule has 2 aromatic rings. The third-order valence-electron chi connectivity index (χ3n) is 3.91. The van der Waals surface area contributed by atoms with Crippen molar-refractivity contribution < 1.29 is 4.79 Å². The van der Waals surface area contributed by atoms with Crippen LogP contribution in [0.4, 0.5) is 0 Å². The van der Waals surface area contributed by atoms with Crippen LogP contribution < -0.4 is 5.32 Å². The zero-order valence-electron chi connectivity index (χ0n) is 13.5. The summed E-state index contributed by atoms with van der Waals surface area (Å²) in [6.07, 6.45) is 3.45. The first-order valence-electron chi connectivity index (χ1n) is 8.08. The lowest BCUT2D eigenvalue weighted by atomic mass is 10.1. The van der Waals surface area contributed by atoms with Crippen LogP contribution in [0.25, 0.3) is 0 Å². The summed E-state index contributed by atoms with van der Waals surface area (Å²) in [5, 5.41) is 3.09. The molecule has 0 radical (unpaired) electrons. The molecule has 2 nitrogen and oxygen atoms in total. The SMILES string of the molecule is CCc1ccc(CC(=O)N[C@H](C)CCc2ccccc2)cc1. The number of nitrogens with one attached hydrogen (secondary N) is 1. The van der Waals surface area contributed by atoms with Crippen molar-refractivity contribution in [2.24, 2.45) is 0 Å². The summed E-state index contributed by atoms with van der Waals surface area (Å²) in [5.74, 6) is 0.102. The topological polar surface area (TPSA) is 29.1 Å². The molecule has 0 saturated carbocycles. The summed E-state index contributed by atoms with van der Waals surface area (Å²) in [5.41, 5.74) is 3.70. The van der Waals surface area contributed by atoms with Gasteiger partial charge in [0.2, 0.25) is 5.91 Å². The second-order valence-electron chi connectivity index (χ2n) is 5.84. The standard InChI is InChI=1S/C20H25NO/c1-3-17-11-13-19(14-12-17)15-20(22)21-16(2)9-10-18-7-5-4-6-8-18/h4-8,11-14,16H,3,9-10,15H2,1-2H3,(H,21,22)/t16-/m1/s1. The maximum atomic E-state index is 12.1. The van der Waals surface area contributed by atoms with Crippen molar-refractivity contribution in [3.8, 4) is 0 Å². The van der Waals surface area contributed by atoms with E-state index in [1.54, 1.807) is 0 Å². The predicted octanol–water partition coefficient (Wildman–Crippen LogP) is 3.93. The van der Waals surface area contributed by atoms with Gasteiger partial charge in [0.15, 0.2) is 0 Å². The van der Waals surface area contributed by atoms with Crippen LogP contribution in [-0.4, -0.2) is 11.9 Å². The second-order valence-corrected chi connectivity index (χ2v) is 5.84. The lowest BCUT2D eigenvalue weighted by molar-refractivity contribution is -0.121. The Hall–Kier alpha value is -2.09. The van der Waals surface area contributed by atoms with E-state index in [0.717, 1.165) is 24.8 Å². The fourth-order valence-corrected chi connectivity index (χ4v) is 2.50. The number of carbonyl (C=O) groups excluding carboxylic acids is 1. The van der Waals surface area contributed by atoms with E-state index >= 15 is 0 Å². The van der Waals surface area contributed by atoms with Crippen LogP contribution in [0.15, 0.2) is 54.6 Å². The zero-order valence-corrected chi connectivity index (χ0v) is 13.5. The summed E-state index contributed by atoms with van der Waals surface area (Å²) >= 11 is 0. The van der Waals surface area contributed by atoms with Gasteiger partial charge in [0.25, 0.3) is 0 Å². The van der Waals surface area contributed by atoms with Crippen LogP contribution in [0.5, 0.6) is 0 Å². The van der Waals surface area contributed by atoms with Crippen LogP contribution in [0.1, 0.15) is 37.0 Å². The number of hydrogen-bond donors (Lipinski definition) is 1. The summed E-state index contributed by atoms with van der Waals surface area (Å²) in [7, 11) is 0. The van der Waals surface area contributed by atoms with Crippen molar-refractivity contribution in [1.29, 1.82) is 0 Å². The Morgan fingerprint density at radius 2 is 1.59 bits per heavy atom. The van der Waals surface area contributed by atoms with E-state index in [9.17, 15) is 4.79 Å². The molecule has 0 aromatic heterocycles. The molecule has 0 aliphatic heterocycles. The van der Waals surface area contributed by atoms with Gasteiger partial charge in [-0.2, -0.15) is 0 Å². The van der Waals surface area contributed by atoms with Gasteiger partial charge < -0.3 is 5.32 Å². The Labute approximate surface area is 133 Å². The molecule has 0 aliphatic carbocycles. The summed E-state index contributed by atoms with van der Waals surface area (Å²) < 4.78 is 0. The fourth-order valence-electron chi connectivity index (χ4n) is 2.50. The molecule has 2 rings (SSSR count). The maximum absolute atomic E-state index is 12.1. The van der Waals surface area contributed by atoms with Crippen molar-refractivity contribution in [3.05, 3.63) is 71.3 Å². The van der Waals surface area contributed by atoms with E-state index < -0.39 is 0 Å². The van der Waals surface area contributed by atoms with E-state index in [-0.39, 0.29) is 11.9 Å². The summed E-state index contributed by atoms with van der Waals surface area (Å²) in [4.78, 5) is 12.1. The van der Waals surface area contributed by atoms with Crippen molar-refractivity contribution in [3.63, 3.8) is 0 Å². The molecule has 1 N–H and O–H groups in total. The monoisotopic (exact) mass is 295 g/mol. The number of hydrogen-bond acceptors (Lipinski definition) is 1. The molecule has 2 heteroatoms. The average molecular weight is 295 g/mol. The fraction of sp³-hybridized carbons (Fsp3) is 0.350. The Morgan fingerprint density at radius 3 is 2.23 bits per heavy atom. The molecule has 0 spiro atoms. The third-order valence-corrected chi connectivity index (χ3v) is 3.91. The first-order valence-corrected chi connectivity index (χ1v) is 8.08. The molecule has 116 valence electrons. The molecule has 0 bridgehead atoms. The Morgan fingerprint density at radius 1 is 0.955 bits per heavy atom. The van der Waals surface area contributed by atoms with Crippen LogP contribution in [0, 0.1) is 0 Å². The lowest BCUT2D eigenvalue weighted by Gasteiger charge is -2.14. The van der Waals surface area contributed by atoms with E-state index in [4.69, 9.17) is 0 Å². The van der Waals surface area contributed by atoms with Crippen LogP contribution in [0.3, 0.4) is 0 Å². The van der Waals surface area contributed by atoms with E-state index in [2.05, 4.69) is 55.6 Å². The minimum absolute atomic E-state index is 0.102. The molecule has 0 unspecified atom stereocenters. The van der Waals surface area contributed by atoms with Crippen molar-refractivity contribution in [1.82, 2.24) is 5.32 Å². The normalized spacial score (nSPS) is 11.9. The molecule has 0 fully saturated rings. The molecule has 0 saturated heterocycles. The number of carbonyl (C=O) groups is 1. The first-order chi connectivity index (χ1) is 10.7. The van der Waals surface area contributed by atoms with Gasteiger partial charge >= 0.3 is 0 Å².